The molecule has 1 unspecified atom stereocenters. The van der Waals surface area contributed by atoms with Crippen LogP contribution in [-0.4, -0.2) is 11.9 Å². The van der Waals surface area contributed by atoms with Crippen molar-refractivity contribution in [2.24, 2.45) is 0 Å². The van der Waals surface area contributed by atoms with Crippen LogP contribution in [0, 0.1) is 6.92 Å². The van der Waals surface area contributed by atoms with Crippen molar-refractivity contribution in [2.45, 2.75) is 26.4 Å². The fourth-order valence-electron chi connectivity index (χ4n) is 1.80. The van der Waals surface area contributed by atoms with E-state index in [0.717, 1.165) is 21.5 Å². The Bertz CT molecular complexity index is 582. The Morgan fingerprint density at radius 2 is 2.15 bits per heavy atom. The van der Waals surface area contributed by atoms with E-state index in [9.17, 15) is 4.79 Å². The second-order valence-electron chi connectivity index (χ2n) is 4.58. The maximum atomic E-state index is 12.0. The van der Waals surface area contributed by atoms with E-state index in [-0.39, 0.29) is 11.9 Å². The molecule has 5 heteroatoms. The maximum absolute atomic E-state index is 12.0. The number of hydrogen-bond donors (Lipinski definition) is 2. The van der Waals surface area contributed by atoms with Crippen molar-refractivity contribution >= 4 is 27.5 Å². The third-order valence-corrected chi connectivity index (χ3v) is 3.91. The van der Waals surface area contributed by atoms with E-state index < -0.39 is 0 Å². The number of nitrogens with one attached hydrogen (secondary N) is 2. The molecular formula is C15H17BrN2O2. The van der Waals surface area contributed by atoms with Crippen molar-refractivity contribution in [1.82, 2.24) is 5.32 Å². The van der Waals surface area contributed by atoms with Gasteiger partial charge in [0.25, 0.3) is 0 Å². The van der Waals surface area contributed by atoms with Crippen LogP contribution in [0.15, 0.2) is 45.5 Å². The largest absolute Gasteiger partial charge is 0.467 e. The summed E-state index contributed by atoms with van der Waals surface area (Å²) in [5.41, 5.74) is 2.03. The molecular weight excluding hydrogens is 320 g/mol. The van der Waals surface area contributed by atoms with Crippen LogP contribution in [0.2, 0.25) is 0 Å². The summed E-state index contributed by atoms with van der Waals surface area (Å²) in [6, 6.07) is 9.18. The number of rotatable bonds is 5. The lowest BCUT2D eigenvalue weighted by Gasteiger charge is -2.17. The van der Waals surface area contributed by atoms with E-state index in [1.807, 2.05) is 38.1 Å². The third-order valence-electron chi connectivity index (χ3n) is 3.05. The van der Waals surface area contributed by atoms with Crippen LogP contribution in [0.4, 0.5) is 5.69 Å². The molecule has 0 saturated heterocycles. The molecule has 0 aliphatic heterocycles. The van der Waals surface area contributed by atoms with E-state index in [4.69, 9.17) is 4.42 Å². The predicted molar refractivity (Wildman–Crippen MR) is 82.5 cm³/mol. The lowest BCUT2D eigenvalue weighted by Crippen LogP contribution is -2.37. The van der Waals surface area contributed by atoms with Gasteiger partial charge in [0.2, 0.25) is 5.91 Å². The van der Waals surface area contributed by atoms with Crippen molar-refractivity contribution in [1.29, 1.82) is 0 Å². The van der Waals surface area contributed by atoms with E-state index in [1.54, 1.807) is 12.3 Å². The minimum absolute atomic E-state index is 0.0687. The van der Waals surface area contributed by atoms with Crippen molar-refractivity contribution in [3.8, 4) is 0 Å². The minimum Gasteiger partial charge on any atom is -0.467 e. The van der Waals surface area contributed by atoms with Crippen LogP contribution in [0.3, 0.4) is 0 Å². The van der Waals surface area contributed by atoms with Gasteiger partial charge in [0.1, 0.15) is 11.8 Å². The molecule has 4 nitrogen and oxygen atoms in total. The minimum atomic E-state index is -0.321. The van der Waals surface area contributed by atoms with Crippen molar-refractivity contribution in [3.05, 3.63) is 52.4 Å². The molecule has 0 spiro atoms. The van der Waals surface area contributed by atoms with E-state index in [1.165, 1.54) is 0 Å². The number of carbonyl (C=O) groups excluding carboxylic acids is 1. The molecule has 106 valence electrons. The summed E-state index contributed by atoms with van der Waals surface area (Å²) in [4.78, 5) is 12.0. The number of furan rings is 1. The van der Waals surface area contributed by atoms with Gasteiger partial charge in [-0.2, -0.15) is 0 Å². The van der Waals surface area contributed by atoms with Crippen LogP contribution >= 0.6 is 15.9 Å². The second kappa shape index (κ2) is 6.61. The second-order valence-corrected chi connectivity index (χ2v) is 5.43. The predicted octanol–water partition coefficient (Wildman–Crippen LogP) is 3.47. The summed E-state index contributed by atoms with van der Waals surface area (Å²) in [5.74, 6) is 0.671. The molecule has 1 atom stereocenters. The molecule has 0 saturated carbocycles. The van der Waals surface area contributed by atoms with Crippen LogP contribution in [0.5, 0.6) is 0 Å². The van der Waals surface area contributed by atoms with Gasteiger partial charge in [0.15, 0.2) is 0 Å². The summed E-state index contributed by atoms with van der Waals surface area (Å²) in [5, 5.41) is 6.04. The fourth-order valence-corrected chi connectivity index (χ4v) is 2.17. The number of amides is 1. The topological polar surface area (TPSA) is 54.3 Å². The summed E-state index contributed by atoms with van der Waals surface area (Å²) in [7, 11) is 0. The zero-order chi connectivity index (χ0) is 14.5. The lowest BCUT2D eigenvalue weighted by molar-refractivity contribution is -0.121. The smallest absolute Gasteiger partial charge is 0.242 e. The van der Waals surface area contributed by atoms with Gasteiger partial charge in [-0.1, -0.05) is 22.0 Å². The highest BCUT2D eigenvalue weighted by atomic mass is 79.9. The first-order valence-corrected chi connectivity index (χ1v) is 7.19. The van der Waals surface area contributed by atoms with Crippen LogP contribution in [0.1, 0.15) is 18.2 Å². The number of carbonyl (C=O) groups is 1. The molecule has 1 heterocycles. The summed E-state index contributed by atoms with van der Waals surface area (Å²) in [6.07, 6.45) is 1.59. The third kappa shape index (κ3) is 3.63. The summed E-state index contributed by atoms with van der Waals surface area (Å²) < 4.78 is 6.19. The summed E-state index contributed by atoms with van der Waals surface area (Å²) >= 11 is 3.48. The van der Waals surface area contributed by atoms with Gasteiger partial charge in [-0.05, 0) is 43.7 Å². The van der Waals surface area contributed by atoms with Gasteiger partial charge in [-0.15, -0.1) is 0 Å². The number of hydrogen-bond acceptors (Lipinski definition) is 3. The van der Waals surface area contributed by atoms with Gasteiger partial charge in [0.05, 0.1) is 12.8 Å². The van der Waals surface area contributed by atoms with Gasteiger partial charge in [0, 0.05) is 10.2 Å². The Kier molecular flexibility index (Phi) is 4.84. The van der Waals surface area contributed by atoms with E-state index in [0.29, 0.717) is 6.54 Å². The van der Waals surface area contributed by atoms with Gasteiger partial charge >= 0.3 is 0 Å². The molecule has 1 amide bonds. The molecule has 1 aromatic heterocycles. The number of benzene rings is 1. The van der Waals surface area contributed by atoms with E-state index in [2.05, 4.69) is 26.6 Å². The molecule has 2 aromatic rings. The Morgan fingerprint density at radius 1 is 1.35 bits per heavy atom. The van der Waals surface area contributed by atoms with Crippen molar-refractivity contribution < 1.29 is 9.21 Å². The zero-order valence-electron chi connectivity index (χ0n) is 11.4. The van der Waals surface area contributed by atoms with Crippen LogP contribution in [0.25, 0.3) is 0 Å². The van der Waals surface area contributed by atoms with Crippen LogP contribution < -0.4 is 10.6 Å². The Morgan fingerprint density at radius 3 is 2.85 bits per heavy atom. The normalized spacial score (nSPS) is 11.9. The lowest BCUT2D eigenvalue weighted by atomic mass is 10.2. The SMILES string of the molecule is Cc1c(Br)cccc1NC(C)C(=O)NCc1ccco1. The summed E-state index contributed by atoms with van der Waals surface area (Å²) in [6.45, 7) is 4.23. The van der Waals surface area contributed by atoms with Crippen molar-refractivity contribution in [3.63, 3.8) is 0 Å². The Balaban J connectivity index is 1.92. The molecule has 0 radical (unpaired) electrons. The highest BCUT2D eigenvalue weighted by Gasteiger charge is 2.14. The number of halogens is 1. The molecule has 2 N–H and O–H groups in total. The Hall–Kier alpha value is -1.75. The molecule has 0 aliphatic carbocycles. The molecule has 0 bridgehead atoms. The Labute approximate surface area is 126 Å². The first kappa shape index (κ1) is 14.7. The quantitative estimate of drug-likeness (QED) is 0.878. The van der Waals surface area contributed by atoms with E-state index >= 15 is 0 Å². The average Bonchev–Trinajstić information content (AvgIpc) is 2.94. The molecule has 2 rings (SSSR count). The fraction of sp³-hybridized carbons (Fsp3) is 0.267. The maximum Gasteiger partial charge on any atom is 0.242 e. The highest BCUT2D eigenvalue weighted by Crippen LogP contribution is 2.23. The zero-order valence-corrected chi connectivity index (χ0v) is 13.0. The van der Waals surface area contributed by atoms with Gasteiger partial charge < -0.3 is 15.1 Å². The van der Waals surface area contributed by atoms with Crippen molar-refractivity contribution in [2.75, 3.05) is 5.32 Å². The first-order valence-electron chi connectivity index (χ1n) is 6.39. The molecule has 0 fully saturated rings. The first-order chi connectivity index (χ1) is 9.58. The molecule has 1 aromatic carbocycles. The monoisotopic (exact) mass is 336 g/mol. The highest BCUT2D eigenvalue weighted by molar-refractivity contribution is 9.10. The standard InChI is InChI=1S/C15H17BrN2O2/c1-10-13(16)6-3-7-14(10)18-11(2)15(19)17-9-12-5-4-8-20-12/h3-8,11,18H,9H2,1-2H3,(H,17,19). The number of anilines is 1. The average molecular weight is 337 g/mol. The molecule has 20 heavy (non-hydrogen) atoms. The van der Waals surface area contributed by atoms with Gasteiger partial charge in [-0.25, -0.2) is 0 Å². The van der Waals surface area contributed by atoms with Gasteiger partial charge in [-0.3, -0.25) is 4.79 Å². The molecule has 0 aliphatic rings. The van der Waals surface area contributed by atoms with Crippen LogP contribution in [-0.2, 0) is 11.3 Å².